The van der Waals surface area contributed by atoms with Crippen molar-refractivity contribution in [2.75, 3.05) is 13.7 Å². The molecule has 1 saturated carbocycles. The van der Waals surface area contributed by atoms with Gasteiger partial charge in [-0.2, -0.15) is 5.10 Å². The van der Waals surface area contributed by atoms with E-state index in [-0.39, 0.29) is 30.4 Å². The van der Waals surface area contributed by atoms with Gasteiger partial charge in [0.1, 0.15) is 5.75 Å². The molecule has 2 aliphatic rings. The lowest BCUT2D eigenvalue weighted by atomic mass is 9.86. The Kier molecular flexibility index (Phi) is 5.60. The highest BCUT2D eigenvalue weighted by Crippen LogP contribution is 2.34. The van der Waals surface area contributed by atoms with Crippen molar-refractivity contribution in [3.8, 4) is 5.75 Å². The number of hydrogen-bond donors (Lipinski definition) is 0. The zero-order chi connectivity index (χ0) is 20.2. The van der Waals surface area contributed by atoms with Gasteiger partial charge in [-0.25, -0.2) is 5.01 Å². The second-order valence-corrected chi connectivity index (χ2v) is 7.38. The molecule has 1 aliphatic carbocycles. The number of nitrogens with zero attached hydrogens (tertiary/aromatic N) is 2. The zero-order valence-electron chi connectivity index (χ0n) is 16.4. The number of hydrogen-bond acceptors (Lipinski definition) is 5. The van der Waals surface area contributed by atoms with Gasteiger partial charge in [-0.15, -0.1) is 0 Å². The zero-order valence-corrected chi connectivity index (χ0v) is 16.4. The number of carbonyl (C=O) groups excluding carboxylic acids is 2. The van der Waals surface area contributed by atoms with E-state index < -0.39 is 0 Å². The van der Waals surface area contributed by atoms with E-state index in [0.29, 0.717) is 6.42 Å². The van der Waals surface area contributed by atoms with Crippen molar-refractivity contribution in [1.29, 1.82) is 0 Å². The fourth-order valence-electron chi connectivity index (χ4n) is 3.59. The summed E-state index contributed by atoms with van der Waals surface area (Å²) in [5.74, 6) is 0.104. The summed E-state index contributed by atoms with van der Waals surface area (Å²) in [6.07, 6.45) is 3.34. The molecule has 1 aliphatic heterocycles. The lowest BCUT2D eigenvalue weighted by Gasteiger charge is -2.25. The van der Waals surface area contributed by atoms with Gasteiger partial charge in [0, 0.05) is 6.42 Å². The lowest BCUT2D eigenvalue weighted by Crippen LogP contribution is -2.33. The van der Waals surface area contributed by atoms with Gasteiger partial charge in [-0.3, -0.25) is 9.59 Å². The normalized spacial score (nSPS) is 18.7. The molecule has 0 aromatic heterocycles. The predicted molar refractivity (Wildman–Crippen MR) is 108 cm³/mol. The maximum Gasteiger partial charge on any atom is 0.309 e. The van der Waals surface area contributed by atoms with Crippen LogP contribution in [0.25, 0.3) is 0 Å². The van der Waals surface area contributed by atoms with Crippen LogP contribution >= 0.6 is 0 Å². The SMILES string of the molecule is COc1ccc([C@@H]2CC(c3ccccc3)=NN2C(=O)COC(=O)C2CCC2)cc1. The van der Waals surface area contributed by atoms with E-state index in [1.807, 2.05) is 54.6 Å². The van der Waals surface area contributed by atoms with Crippen molar-refractivity contribution in [2.45, 2.75) is 31.7 Å². The van der Waals surface area contributed by atoms with Crippen LogP contribution in [0.2, 0.25) is 0 Å². The Morgan fingerprint density at radius 3 is 2.41 bits per heavy atom. The third-order valence-electron chi connectivity index (χ3n) is 5.55. The summed E-state index contributed by atoms with van der Waals surface area (Å²) in [5.41, 5.74) is 2.78. The number of ether oxygens (including phenoxy) is 2. The van der Waals surface area contributed by atoms with Gasteiger partial charge >= 0.3 is 5.97 Å². The number of rotatable bonds is 6. The number of amides is 1. The van der Waals surface area contributed by atoms with Gasteiger partial charge in [0.05, 0.1) is 24.8 Å². The second-order valence-electron chi connectivity index (χ2n) is 7.38. The molecule has 0 radical (unpaired) electrons. The lowest BCUT2D eigenvalue weighted by molar-refractivity contribution is -0.158. The first kappa shape index (κ1) is 19.2. The van der Waals surface area contributed by atoms with Crippen LogP contribution in [0.5, 0.6) is 5.75 Å². The topological polar surface area (TPSA) is 68.2 Å². The van der Waals surface area contributed by atoms with Crippen LogP contribution in [0.15, 0.2) is 59.7 Å². The van der Waals surface area contributed by atoms with Gasteiger partial charge in [-0.05, 0) is 36.1 Å². The Hall–Kier alpha value is -3.15. The fourth-order valence-corrected chi connectivity index (χ4v) is 3.59. The molecule has 29 heavy (non-hydrogen) atoms. The first-order valence-corrected chi connectivity index (χ1v) is 9.91. The molecule has 6 heteroatoms. The number of hydrazone groups is 1. The quantitative estimate of drug-likeness (QED) is 0.703. The molecule has 1 fully saturated rings. The fraction of sp³-hybridized carbons (Fsp3) is 0.348. The highest BCUT2D eigenvalue weighted by atomic mass is 16.5. The minimum absolute atomic E-state index is 0.0536. The highest BCUT2D eigenvalue weighted by molar-refractivity contribution is 6.03. The molecular weight excluding hydrogens is 368 g/mol. The van der Waals surface area contributed by atoms with E-state index in [0.717, 1.165) is 41.9 Å². The van der Waals surface area contributed by atoms with Crippen molar-refractivity contribution in [3.63, 3.8) is 0 Å². The Balaban J connectivity index is 1.53. The Bertz CT molecular complexity index is 904. The van der Waals surface area contributed by atoms with E-state index in [9.17, 15) is 9.59 Å². The van der Waals surface area contributed by atoms with E-state index >= 15 is 0 Å². The largest absolute Gasteiger partial charge is 0.497 e. The van der Waals surface area contributed by atoms with Gasteiger partial charge in [0.2, 0.25) is 0 Å². The summed E-state index contributed by atoms with van der Waals surface area (Å²) in [7, 11) is 1.62. The Morgan fingerprint density at radius 1 is 1.07 bits per heavy atom. The summed E-state index contributed by atoms with van der Waals surface area (Å²) in [6, 6.07) is 17.2. The number of carbonyl (C=O) groups is 2. The maximum absolute atomic E-state index is 12.9. The van der Waals surface area contributed by atoms with E-state index in [1.54, 1.807) is 7.11 Å². The molecule has 0 N–H and O–H groups in total. The number of esters is 1. The monoisotopic (exact) mass is 392 g/mol. The first-order valence-electron chi connectivity index (χ1n) is 9.91. The molecule has 1 atom stereocenters. The molecule has 6 nitrogen and oxygen atoms in total. The van der Waals surface area contributed by atoms with Crippen LogP contribution in [0, 0.1) is 5.92 Å². The molecule has 2 aromatic rings. The second kappa shape index (κ2) is 8.47. The Labute approximate surface area is 170 Å². The molecule has 0 unspecified atom stereocenters. The molecule has 0 bridgehead atoms. The average Bonchev–Trinajstić information content (AvgIpc) is 3.17. The van der Waals surface area contributed by atoms with Crippen molar-refractivity contribution in [3.05, 3.63) is 65.7 Å². The summed E-state index contributed by atoms with van der Waals surface area (Å²) >= 11 is 0. The van der Waals surface area contributed by atoms with Gasteiger partial charge in [0.15, 0.2) is 6.61 Å². The van der Waals surface area contributed by atoms with Crippen LogP contribution < -0.4 is 4.74 Å². The molecule has 150 valence electrons. The van der Waals surface area contributed by atoms with Gasteiger partial charge < -0.3 is 9.47 Å². The molecule has 0 saturated heterocycles. The van der Waals surface area contributed by atoms with Crippen molar-refractivity contribution in [1.82, 2.24) is 5.01 Å². The molecule has 1 heterocycles. The standard InChI is InChI=1S/C23H24N2O4/c1-28-19-12-10-17(11-13-19)21-14-20(16-6-3-2-4-7-16)24-25(21)22(26)15-29-23(27)18-8-5-9-18/h2-4,6-7,10-13,18,21H,5,8-9,14-15H2,1H3/t21-/m0/s1. The molecule has 2 aromatic carbocycles. The number of benzene rings is 2. The van der Waals surface area contributed by atoms with Crippen molar-refractivity contribution in [2.24, 2.45) is 11.0 Å². The Morgan fingerprint density at radius 2 is 1.79 bits per heavy atom. The predicted octanol–water partition coefficient (Wildman–Crippen LogP) is 3.72. The number of methoxy groups -OCH3 is 1. The summed E-state index contributed by atoms with van der Waals surface area (Å²) in [4.78, 5) is 24.9. The van der Waals surface area contributed by atoms with Crippen molar-refractivity contribution >= 4 is 17.6 Å². The summed E-state index contributed by atoms with van der Waals surface area (Å²) in [6.45, 7) is -0.284. The minimum Gasteiger partial charge on any atom is -0.497 e. The molecule has 4 rings (SSSR count). The average molecular weight is 392 g/mol. The third-order valence-corrected chi connectivity index (χ3v) is 5.55. The van der Waals surface area contributed by atoms with E-state index in [2.05, 4.69) is 5.10 Å². The third kappa shape index (κ3) is 4.16. The smallest absolute Gasteiger partial charge is 0.309 e. The van der Waals surface area contributed by atoms with E-state index in [1.165, 1.54) is 5.01 Å². The molecule has 1 amide bonds. The van der Waals surface area contributed by atoms with Crippen LogP contribution in [-0.4, -0.2) is 36.3 Å². The maximum atomic E-state index is 12.9. The highest BCUT2D eigenvalue weighted by Gasteiger charge is 2.34. The van der Waals surface area contributed by atoms with E-state index in [4.69, 9.17) is 9.47 Å². The van der Waals surface area contributed by atoms with Crippen molar-refractivity contribution < 1.29 is 19.1 Å². The van der Waals surface area contributed by atoms with Crippen LogP contribution in [-0.2, 0) is 14.3 Å². The van der Waals surface area contributed by atoms with Crippen LogP contribution in [0.4, 0.5) is 0 Å². The van der Waals surface area contributed by atoms with Crippen LogP contribution in [0.3, 0.4) is 0 Å². The molecular formula is C23H24N2O4. The summed E-state index contributed by atoms with van der Waals surface area (Å²) in [5, 5.41) is 6.05. The van der Waals surface area contributed by atoms with Gasteiger partial charge in [-0.1, -0.05) is 48.9 Å². The van der Waals surface area contributed by atoms with Crippen LogP contribution in [0.1, 0.15) is 42.9 Å². The van der Waals surface area contributed by atoms with Gasteiger partial charge in [0.25, 0.3) is 5.91 Å². The first-order chi connectivity index (χ1) is 14.2. The summed E-state index contributed by atoms with van der Waals surface area (Å²) < 4.78 is 10.5. The minimum atomic E-state index is -0.315. The molecule has 0 spiro atoms.